The lowest BCUT2D eigenvalue weighted by atomic mass is 10.0. The van der Waals surface area contributed by atoms with Crippen LogP contribution < -0.4 is 4.90 Å². The zero-order chi connectivity index (χ0) is 17.8. The highest BCUT2D eigenvalue weighted by Gasteiger charge is 2.39. The summed E-state index contributed by atoms with van der Waals surface area (Å²) in [5.41, 5.74) is 0.531. The third-order valence-electron chi connectivity index (χ3n) is 5.52. The molecule has 0 spiro atoms. The minimum atomic E-state index is 0.180. The summed E-state index contributed by atoms with van der Waals surface area (Å²) in [5, 5.41) is 8.86. The Balaban J connectivity index is 1.64. The number of nitrogens with zero attached hydrogens (tertiary/aromatic N) is 5. The van der Waals surface area contributed by atoms with Gasteiger partial charge in [-0.2, -0.15) is 5.26 Å². The first-order valence-electron chi connectivity index (χ1n) is 9.25. The maximum Gasteiger partial charge on any atom is 0.242 e. The van der Waals surface area contributed by atoms with Crippen LogP contribution in [0.4, 0.5) is 5.82 Å². The van der Waals surface area contributed by atoms with Gasteiger partial charge < -0.3 is 9.80 Å². The van der Waals surface area contributed by atoms with E-state index in [9.17, 15) is 4.79 Å². The average Bonchev–Trinajstić information content (AvgIpc) is 3.29. The first-order valence-corrected chi connectivity index (χ1v) is 9.25. The van der Waals surface area contributed by atoms with Gasteiger partial charge in [0.25, 0.3) is 0 Å². The number of likely N-dealkylation sites (N-methyl/N-ethyl adjacent to an activating group) is 2. The van der Waals surface area contributed by atoms with E-state index in [1.165, 1.54) is 12.8 Å². The molecule has 0 saturated carbocycles. The number of aromatic nitrogens is 1. The van der Waals surface area contributed by atoms with Gasteiger partial charge in [-0.15, -0.1) is 0 Å². The molecule has 6 nitrogen and oxygen atoms in total. The van der Waals surface area contributed by atoms with Crippen molar-refractivity contribution in [1.29, 1.82) is 5.26 Å². The highest BCUT2D eigenvalue weighted by Crippen LogP contribution is 2.30. The van der Waals surface area contributed by atoms with Crippen LogP contribution in [-0.2, 0) is 4.79 Å². The molecule has 3 rings (SSSR count). The summed E-state index contributed by atoms with van der Waals surface area (Å²) in [6.45, 7) is 5.64. The Morgan fingerprint density at radius 2 is 2.08 bits per heavy atom. The minimum absolute atomic E-state index is 0.180. The van der Waals surface area contributed by atoms with Crippen molar-refractivity contribution < 1.29 is 4.79 Å². The molecule has 0 bridgehead atoms. The second-order valence-corrected chi connectivity index (χ2v) is 7.01. The van der Waals surface area contributed by atoms with Crippen molar-refractivity contribution in [2.45, 2.75) is 44.7 Å². The number of nitriles is 1. The molecule has 2 aliphatic rings. The summed E-state index contributed by atoms with van der Waals surface area (Å²) in [5.74, 6) is 0.901. The fraction of sp³-hybridized carbons (Fsp3) is 0.632. The Morgan fingerprint density at radius 1 is 1.32 bits per heavy atom. The van der Waals surface area contributed by atoms with Crippen LogP contribution in [0.15, 0.2) is 18.3 Å². The van der Waals surface area contributed by atoms with Gasteiger partial charge in [0.1, 0.15) is 11.9 Å². The Hall–Kier alpha value is -2.13. The molecular formula is C19H27N5O. The van der Waals surface area contributed by atoms with E-state index < -0.39 is 0 Å². The topological polar surface area (TPSA) is 63.5 Å². The molecule has 0 aromatic carbocycles. The van der Waals surface area contributed by atoms with E-state index >= 15 is 0 Å². The first-order chi connectivity index (χ1) is 12.1. The van der Waals surface area contributed by atoms with E-state index in [4.69, 9.17) is 5.26 Å². The molecule has 0 N–H and O–H groups in total. The zero-order valence-electron chi connectivity index (χ0n) is 15.2. The van der Waals surface area contributed by atoms with Crippen molar-refractivity contribution in [2.75, 3.05) is 38.1 Å². The fourth-order valence-corrected chi connectivity index (χ4v) is 4.24. The molecule has 6 heteroatoms. The van der Waals surface area contributed by atoms with Gasteiger partial charge in [-0.1, -0.05) is 6.92 Å². The van der Waals surface area contributed by atoms with E-state index in [0.29, 0.717) is 24.2 Å². The number of rotatable bonds is 5. The number of carbonyl (C=O) groups is 1. The summed E-state index contributed by atoms with van der Waals surface area (Å²) in [7, 11) is 1.88. The standard InChI is InChI=1S/C19H27N5O/c1-3-23-10-4-6-16(23)17-7-5-11-24(17)19(25)14-22(2)18-9-8-15(12-20)13-21-18/h8-9,13,16-17H,3-7,10-11,14H2,1-2H3/t16-,17+/m0/s1. The second kappa shape index (κ2) is 7.83. The molecule has 3 heterocycles. The number of carbonyl (C=O) groups excluding carboxylic acids is 1. The van der Waals surface area contributed by atoms with Crippen LogP contribution in [0.2, 0.25) is 0 Å². The fourth-order valence-electron chi connectivity index (χ4n) is 4.24. The van der Waals surface area contributed by atoms with Crippen molar-refractivity contribution >= 4 is 11.7 Å². The van der Waals surface area contributed by atoms with Crippen LogP contribution in [0.1, 0.15) is 38.2 Å². The van der Waals surface area contributed by atoms with Gasteiger partial charge in [0.2, 0.25) is 5.91 Å². The SMILES string of the molecule is CCN1CCC[C@H]1[C@H]1CCCN1C(=O)CN(C)c1ccc(C#N)cn1. The normalized spacial score (nSPS) is 23.6. The lowest BCUT2D eigenvalue weighted by molar-refractivity contribution is -0.131. The van der Waals surface area contributed by atoms with Gasteiger partial charge in [0, 0.05) is 31.9 Å². The number of likely N-dealkylation sites (tertiary alicyclic amines) is 2. The Bertz CT molecular complexity index is 638. The molecule has 0 radical (unpaired) electrons. The molecule has 0 aliphatic carbocycles. The molecule has 2 atom stereocenters. The van der Waals surface area contributed by atoms with Crippen LogP contribution in [0, 0.1) is 11.3 Å². The second-order valence-electron chi connectivity index (χ2n) is 7.01. The molecular weight excluding hydrogens is 314 g/mol. The van der Waals surface area contributed by atoms with E-state index in [-0.39, 0.29) is 5.91 Å². The maximum atomic E-state index is 12.9. The van der Waals surface area contributed by atoms with Gasteiger partial charge >= 0.3 is 0 Å². The van der Waals surface area contributed by atoms with E-state index in [2.05, 4.69) is 27.8 Å². The lowest BCUT2D eigenvalue weighted by Crippen LogP contribution is -2.50. The number of anilines is 1. The maximum absolute atomic E-state index is 12.9. The van der Waals surface area contributed by atoms with Crippen LogP contribution in [0.25, 0.3) is 0 Å². The highest BCUT2D eigenvalue weighted by atomic mass is 16.2. The van der Waals surface area contributed by atoms with Crippen LogP contribution >= 0.6 is 0 Å². The molecule has 2 saturated heterocycles. The number of hydrogen-bond donors (Lipinski definition) is 0. The molecule has 2 aliphatic heterocycles. The minimum Gasteiger partial charge on any atom is -0.350 e. The van der Waals surface area contributed by atoms with Gasteiger partial charge in [-0.3, -0.25) is 9.69 Å². The largest absolute Gasteiger partial charge is 0.350 e. The Kier molecular flexibility index (Phi) is 5.54. The average molecular weight is 341 g/mol. The van der Waals surface area contributed by atoms with Crippen LogP contribution in [0.3, 0.4) is 0 Å². The summed E-state index contributed by atoms with van der Waals surface area (Å²) in [6.07, 6.45) is 6.21. The van der Waals surface area contributed by atoms with E-state index in [1.807, 2.05) is 11.9 Å². The van der Waals surface area contributed by atoms with Gasteiger partial charge in [0.15, 0.2) is 0 Å². The Morgan fingerprint density at radius 3 is 2.76 bits per heavy atom. The predicted molar refractivity (Wildman–Crippen MR) is 97.2 cm³/mol. The summed E-state index contributed by atoms with van der Waals surface area (Å²) < 4.78 is 0. The molecule has 2 fully saturated rings. The van der Waals surface area contributed by atoms with Crippen LogP contribution in [-0.4, -0.2) is 66.0 Å². The lowest BCUT2D eigenvalue weighted by Gasteiger charge is -2.35. The van der Waals surface area contributed by atoms with Crippen molar-refractivity contribution in [3.05, 3.63) is 23.9 Å². The smallest absolute Gasteiger partial charge is 0.242 e. The van der Waals surface area contributed by atoms with Gasteiger partial charge in [0.05, 0.1) is 12.1 Å². The summed E-state index contributed by atoms with van der Waals surface area (Å²) in [6, 6.07) is 6.48. The van der Waals surface area contributed by atoms with Crippen molar-refractivity contribution in [2.24, 2.45) is 0 Å². The van der Waals surface area contributed by atoms with Crippen molar-refractivity contribution in [1.82, 2.24) is 14.8 Å². The van der Waals surface area contributed by atoms with Crippen LogP contribution in [0.5, 0.6) is 0 Å². The number of hydrogen-bond acceptors (Lipinski definition) is 5. The summed E-state index contributed by atoms with van der Waals surface area (Å²) >= 11 is 0. The zero-order valence-corrected chi connectivity index (χ0v) is 15.2. The molecule has 1 aromatic heterocycles. The number of amides is 1. The molecule has 25 heavy (non-hydrogen) atoms. The molecule has 1 aromatic rings. The van der Waals surface area contributed by atoms with Crippen molar-refractivity contribution in [3.63, 3.8) is 0 Å². The third-order valence-corrected chi connectivity index (χ3v) is 5.52. The van der Waals surface area contributed by atoms with Gasteiger partial charge in [-0.25, -0.2) is 4.98 Å². The Labute approximate surface area is 150 Å². The van der Waals surface area contributed by atoms with Gasteiger partial charge in [-0.05, 0) is 50.9 Å². The predicted octanol–water partition coefficient (Wildman–Crippen LogP) is 1.86. The molecule has 134 valence electrons. The molecule has 0 unspecified atom stereocenters. The monoisotopic (exact) mass is 341 g/mol. The highest BCUT2D eigenvalue weighted by molar-refractivity contribution is 5.81. The number of pyridine rings is 1. The third kappa shape index (κ3) is 3.77. The van der Waals surface area contributed by atoms with Crippen molar-refractivity contribution in [3.8, 4) is 6.07 Å². The quantitative estimate of drug-likeness (QED) is 0.818. The molecule has 1 amide bonds. The first kappa shape index (κ1) is 17.7. The summed E-state index contributed by atoms with van der Waals surface area (Å²) in [4.78, 5) is 23.7. The van der Waals surface area contributed by atoms with E-state index in [1.54, 1.807) is 18.3 Å². The van der Waals surface area contributed by atoms with E-state index in [0.717, 1.165) is 38.3 Å².